The molecular weight excluding hydrogens is 296 g/mol. The Bertz CT molecular complexity index is 362. The highest BCUT2D eigenvalue weighted by atomic mass is 32.2. The third kappa shape index (κ3) is 5.99. The molecule has 0 aliphatic heterocycles. The minimum atomic E-state index is -0.456. The van der Waals surface area contributed by atoms with E-state index in [1.807, 2.05) is 58.2 Å². The zero-order valence-electron chi connectivity index (χ0n) is 15.4. The van der Waals surface area contributed by atoms with Crippen molar-refractivity contribution < 1.29 is 9.53 Å². The van der Waals surface area contributed by atoms with Gasteiger partial charge in [0.25, 0.3) is 0 Å². The van der Waals surface area contributed by atoms with Crippen LogP contribution in [0.25, 0.3) is 0 Å². The second-order valence-electron chi connectivity index (χ2n) is 8.22. The largest absolute Gasteiger partial charge is 0.444 e. The summed E-state index contributed by atoms with van der Waals surface area (Å²) in [5.74, 6) is 0. The summed E-state index contributed by atoms with van der Waals surface area (Å²) in [4.78, 5) is 14.2. The smallest absolute Gasteiger partial charge is 0.410 e. The Morgan fingerprint density at radius 2 is 1.82 bits per heavy atom. The third-order valence-electron chi connectivity index (χ3n) is 4.08. The molecule has 1 rings (SSSR count). The normalized spacial score (nSPS) is 17.8. The van der Waals surface area contributed by atoms with E-state index in [0.717, 1.165) is 13.1 Å². The molecule has 0 radical (unpaired) electrons. The first-order chi connectivity index (χ1) is 9.99. The number of thioether (sulfide) groups is 1. The lowest BCUT2D eigenvalue weighted by Crippen LogP contribution is -2.51. The van der Waals surface area contributed by atoms with Gasteiger partial charge in [0, 0.05) is 29.9 Å². The summed E-state index contributed by atoms with van der Waals surface area (Å²) in [6.45, 7) is 14.4. The van der Waals surface area contributed by atoms with Crippen LogP contribution >= 0.6 is 11.8 Å². The Labute approximate surface area is 140 Å². The predicted octanol–water partition coefficient (Wildman–Crippen LogP) is 3.90. The van der Waals surface area contributed by atoms with E-state index in [0.29, 0.717) is 11.3 Å². The van der Waals surface area contributed by atoms with Gasteiger partial charge in [-0.15, -0.1) is 0 Å². The Morgan fingerprint density at radius 3 is 2.18 bits per heavy atom. The van der Waals surface area contributed by atoms with E-state index < -0.39 is 5.60 Å². The van der Waals surface area contributed by atoms with Gasteiger partial charge in [-0.25, -0.2) is 4.79 Å². The number of amides is 1. The van der Waals surface area contributed by atoms with Crippen molar-refractivity contribution in [3.8, 4) is 0 Å². The van der Waals surface area contributed by atoms with Crippen LogP contribution in [0.1, 0.15) is 60.8 Å². The minimum Gasteiger partial charge on any atom is -0.444 e. The number of hydrogen-bond donors (Lipinski definition) is 1. The van der Waals surface area contributed by atoms with Crippen LogP contribution in [-0.2, 0) is 4.74 Å². The van der Waals surface area contributed by atoms with Crippen molar-refractivity contribution in [2.24, 2.45) is 0 Å². The van der Waals surface area contributed by atoms with Gasteiger partial charge in [0.2, 0.25) is 0 Å². The highest BCUT2D eigenvalue weighted by Gasteiger charge is 2.36. The molecule has 1 N–H and O–H groups in total. The molecule has 1 aliphatic carbocycles. The van der Waals surface area contributed by atoms with Gasteiger partial charge in [-0.2, -0.15) is 11.8 Å². The first-order valence-electron chi connectivity index (χ1n) is 8.26. The van der Waals surface area contributed by atoms with E-state index in [9.17, 15) is 4.79 Å². The number of nitrogens with one attached hydrogen (secondary N) is 1. The van der Waals surface area contributed by atoms with Crippen molar-refractivity contribution in [3.05, 3.63) is 0 Å². The summed E-state index contributed by atoms with van der Waals surface area (Å²) in [7, 11) is 0. The fourth-order valence-electron chi connectivity index (χ4n) is 2.55. The maximum atomic E-state index is 12.4. The van der Waals surface area contributed by atoms with E-state index in [2.05, 4.69) is 11.6 Å². The average Bonchev–Trinajstić information content (AvgIpc) is 2.27. The van der Waals surface area contributed by atoms with Crippen LogP contribution in [0.5, 0.6) is 0 Å². The summed E-state index contributed by atoms with van der Waals surface area (Å²) < 4.78 is 5.96. The van der Waals surface area contributed by atoms with Crippen molar-refractivity contribution >= 4 is 17.9 Å². The van der Waals surface area contributed by atoms with Gasteiger partial charge in [-0.3, -0.25) is 0 Å². The molecular formula is C17H34N2O2S. The number of hydrogen-bond acceptors (Lipinski definition) is 4. The van der Waals surface area contributed by atoms with Crippen molar-refractivity contribution in [2.45, 2.75) is 76.7 Å². The maximum absolute atomic E-state index is 12.4. The summed E-state index contributed by atoms with van der Waals surface area (Å²) in [6.07, 6.45) is 5.91. The molecule has 0 aromatic rings. The van der Waals surface area contributed by atoms with E-state index in [4.69, 9.17) is 4.74 Å². The first kappa shape index (κ1) is 19.6. The molecule has 0 bridgehead atoms. The van der Waals surface area contributed by atoms with Crippen LogP contribution in [0.15, 0.2) is 0 Å². The first-order valence-corrected chi connectivity index (χ1v) is 9.48. The molecule has 5 heteroatoms. The average molecular weight is 331 g/mol. The molecule has 0 aromatic heterocycles. The molecule has 4 nitrogen and oxygen atoms in total. The molecule has 0 unspecified atom stereocenters. The fraction of sp³-hybridized carbons (Fsp3) is 0.941. The lowest BCUT2D eigenvalue weighted by atomic mass is 9.84. The predicted molar refractivity (Wildman–Crippen MR) is 95.7 cm³/mol. The molecule has 1 fully saturated rings. The van der Waals surface area contributed by atoms with Gasteiger partial charge in [0.15, 0.2) is 0 Å². The topological polar surface area (TPSA) is 41.6 Å². The number of carbonyl (C=O) groups excluding carboxylic acids is 1. The summed E-state index contributed by atoms with van der Waals surface area (Å²) in [6, 6.07) is 0. The Morgan fingerprint density at radius 1 is 1.23 bits per heavy atom. The molecule has 1 saturated carbocycles. The number of nitrogens with zero attached hydrogens (tertiary/aromatic N) is 1. The molecule has 130 valence electrons. The van der Waals surface area contributed by atoms with Crippen molar-refractivity contribution in [1.82, 2.24) is 10.2 Å². The van der Waals surface area contributed by atoms with Crippen molar-refractivity contribution in [1.29, 1.82) is 0 Å². The summed E-state index contributed by atoms with van der Waals surface area (Å²) >= 11 is 1.97. The maximum Gasteiger partial charge on any atom is 0.410 e. The van der Waals surface area contributed by atoms with E-state index in [1.165, 1.54) is 19.3 Å². The summed E-state index contributed by atoms with van der Waals surface area (Å²) in [5, 5.41) is 3.53. The fourth-order valence-corrected chi connectivity index (χ4v) is 3.49. The number of rotatable bonds is 6. The molecule has 0 aromatic carbocycles. The molecule has 0 heterocycles. The summed E-state index contributed by atoms with van der Waals surface area (Å²) in [5.41, 5.74) is -0.694. The van der Waals surface area contributed by atoms with Crippen LogP contribution in [0.3, 0.4) is 0 Å². The number of carbonyl (C=O) groups is 1. The van der Waals surface area contributed by atoms with Crippen molar-refractivity contribution in [2.75, 3.05) is 25.9 Å². The zero-order chi connectivity index (χ0) is 17.0. The van der Waals surface area contributed by atoms with Crippen LogP contribution in [0.2, 0.25) is 0 Å². The molecule has 1 amide bonds. The van der Waals surface area contributed by atoms with Gasteiger partial charge >= 0.3 is 6.09 Å². The van der Waals surface area contributed by atoms with Gasteiger partial charge in [-0.05, 0) is 60.6 Å². The van der Waals surface area contributed by atoms with E-state index >= 15 is 0 Å². The van der Waals surface area contributed by atoms with Crippen LogP contribution in [0, 0.1) is 0 Å². The van der Waals surface area contributed by atoms with Crippen LogP contribution in [0.4, 0.5) is 4.79 Å². The Balaban J connectivity index is 2.47. The lowest BCUT2D eigenvalue weighted by Gasteiger charge is -2.41. The lowest BCUT2D eigenvalue weighted by molar-refractivity contribution is 0.00659. The third-order valence-corrected chi connectivity index (χ3v) is 5.50. The second kappa shape index (κ2) is 7.43. The van der Waals surface area contributed by atoms with E-state index in [-0.39, 0.29) is 11.6 Å². The van der Waals surface area contributed by atoms with Crippen molar-refractivity contribution in [3.63, 3.8) is 0 Å². The SMILES string of the molecule is CSC1(CNCCN(C(=O)OC(C)(C)C)C(C)(C)C)CCC1. The Kier molecular flexibility index (Phi) is 6.63. The number of ether oxygens (including phenoxy) is 1. The second-order valence-corrected chi connectivity index (χ2v) is 9.49. The molecule has 0 saturated heterocycles. The van der Waals surface area contributed by atoms with Crippen LogP contribution in [-0.4, -0.2) is 52.8 Å². The molecule has 0 spiro atoms. The zero-order valence-corrected chi connectivity index (χ0v) is 16.2. The standard InChI is InChI=1S/C17H34N2O2S/c1-15(2,3)19(14(20)21-16(4,5)6)12-11-18-13-17(22-7)9-8-10-17/h18H,8-13H2,1-7H3. The Hall–Kier alpha value is -0.420. The molecule has 22 heavy (non-hydrogen) atoms. The van der Waals surface area contributed by atoms with Gasteiger partial charge in [0.05, 0.1) is 0 Å². The highest BCUT2D eigenvalue weighted by Crippen LogP contribution is 2.42. The van der Waals surface area contributed by atoms with Crippen LogP contribution < -0.4 is 5.32 Å². The monoisotopic (exact) mass is 330 g/mol. The molecule has 0 atom stereocenters. The molecule has 1 aliphatic rings. The quantitative estimate of drug-likeness (QED) is 0.750. The van der Waals surface area contributed by atoms with Gasteiger partial charge in [0.1, 0.15) is 5.60 Å². The minimum absolute atomic E-state index is 0.231. The van der Waals surface area contributed by atoms with Gasteiger partial charge < -0.3 is 15.0 Å². The van der Waals surface area contributed by atoms with E-state index in [1.54, 1.807) is 0 Å². The van der Waals surface area contributed by atoms with Gasteiger partial charge in [-0.1, -0.05) is 6.42 Å². The highest BCUT2D eigenvalue weighted by molar-refractivity contribution is 8.00.